The molecule has 9 nitrogen and oxygen atoms in total. The minimum Gasteiger partial charge on any atom is -0.396 e. The normalized spacial score (nSPS) is 13.7. The van der Waals surface area contributed by atoms with Crippen LogP contribution in [-0.2, 0) is 11.0 Å². The number of hydrogen-bond acceptors (Lipinski definition) is 7. The number of aryl methyl sites for hydroxylation is 1. The molecule has 1 amide bonds. The molecule has 0 aliphatic carbocycles. The maximum absolute atomic E-state index is 15.6. The summed E-state index contributed by atoms with van der Waals surface area (Å²) in [5.74, 6) is -7.62. The van der Waals surface area contributed by atoms with Crippen molar-refractivity contribution in [1.82, 2.24) is 19.4 Å². The second kappa shape index (κ2) is 12.5. The van der Waals surface area contributed by atoms with Gasteiger partial charge in [-0.2, -0.15) is 18.4 Å². The van der Waals surface area contributed by atoms with Gasteiger partial charge in [0.15, 0.2) is 11.6 Å². The predicted molar refractivity (Wildman–Crippen MR) is 167 cm³/mol. The van der Waals surface area contributed by atoms with E-state index in [4.69, 9.17) is 17.3 Å². The summed E-state index contributed by atoms with van der Waals surface area (Å²) in [4.78, 5) is 38.5. The molecular weight excluding hydrogens is 664 g/mol. The van der Waals surface area contributed by atoms with E-state index in [0.717, 1.165) is 16.7 Å². The van der Waals surface area contributed by atoms with Gasteiger partial charge >= 0.3 is 6.18 Å². The number of benzene rings is 1. The number of anilines is 2. The maximum Gasteiger partial charge on any atom is 0.422 e. The van der Waals surface area contributed by atoms with Crippen molar-refractivity contribution in [1.29, 1.82) is 5.26 Å². The van der Waals surface area contributed by atoms with E-state index in [0.29, 0.717) is 11.3 Å². The van der Waals surface area contributed by atoms with Gasteiger partial charge in [0.05, 0.1) is 39.0 Å². The highest BCUT2D eigenvalue weighted by Crippen LogP contribution is 2.45. The van der Waals surface area contributed by atoms with Gasteiger partial charge in [0, 0.05) is 37.8 Å². The zero-order valence-electron chi connectivity index (χ0n) is 25.6. The van der Waals surface area contributed by atoms with Gasteiger partial charge in [-0.25, -0.2) is 18.2 Å². The van der Waals surface area contributed by atoms with Gasteiger partial charge in [0.2, 0.25) is 5.91 Å². The Kier molecular flexibility index (Phi) is 8.91. The van der Waals surface area contributed by atoms with E-state index in [2.05, 4.69) is 16.5 Å². The predicted octanol–water partition coefficient (Wildman–Crippen LogP) is 6.26. The number of aromatic nitrogens is 3. The average molecular weight is 690 g/mol. The van der Waals surface area contributed by atoms with Crippen molar-refractivity contribution >= 4 is 39.9 Å². The van der Waals surface area contributed by atoms with Crippen LogP contribution < -0.4 is 16.2 Å². The minimum absolute atomic E-state index is 0.0407. The van der Waals surface area contributed by atoms with Crippen LogP contribution in [0.5, 0.6) is 0 Å². The number of nitrogen functional groups attached to an aromatic ring is 1. The number of amides is 1. The Morgan fingerprint density at radius 3 is 2.33 bits per heavy atom. The number of carbonyl (C=O) groups is 1. The van der Waals surface area contributed by atoms with Gasteiger partial charge in [-0.05, 0) is 36.6 Å². The van der Waals surface area contributed by atoms with Crippen LogP contribution in [0.1, 0.15) is 42.1 Å². The van der Waals surface area contributed by atoms with E-state index >= 15 is 4.39 Å². The molecule has 0 unspecified atom stereocenters. The van der Waals surface area contributed by atoms with Crippen molar-refractivity contribution in [2.45, 2.75) is 32.9 Å². The van der Waals surface area contributed by atoms with Crippen molar-refractivity contribution in [3.05, 3.63) is 86.2 Å². The summed E-state index contributed by atoms with van der Waals surface area (Å²) in [6, 6.07) is 4.66. The fourth-order valence-corrected chi connectivity index (χ4v) is 6.05. The third-order valence-corrected chi connectivity index (χ3v) is 8.36. The number of halogens is 7. The topological polar surface area (TPSA) is 121 Å². The minimum atomic E-state index is -5.67. The van der Waals surface area contributed by atoms with Crippen LogP contribution >= 0.6 is 11.6 Å². The second-order valence-electron chi connectivity index (χ2n) is 11.3. The van der Waals surface area contributed by atoms with Crippen LogP contribution in [-0.4, -0.2) is 51.5 Å². The molecule has 0 bridgehead atoms. The summed E-state index contributed by atoms with van der Waals surface area (Å²) in [6.07, 6.45) is -3.03. The van der Waals surface area contributed by atoms with Crippen LogP contribution in [0.25, 0.3) is 28.0 Å². The first-order valence-electron chi connectivity index (χ1n) is 14.4. The second-order valence-corrected chi connectivity index (χ2v) is 11.7. The van der Waals surface area contributed by atoms with E-state index in [9.17, 15) is 36.8 Å². The summed E-state index contributed by atoms with van der Waals surface area (Å²) >= 11 is 6.53. The molecule has 2 N–H and O–H groups in total. The fourth-order valence-electron chi connectivity index (χ4n) is 5.80. The van der Waals surface area contributed by atoms with Crippen LogP contribution in [0.15, 0.2) is 35.8 Å². The van der Waals surface area contributed by atoms with Crippen molar-refractivity contribution < 1.29 is 31.1 Å². The number of nitrogens with zero attached hydrogens (tertiary/aromatic N) is 6. The van der Waals surface area contributed by atoms with E-state index < -0.39 is 56.7 Å². The third-order valence-electron chi connectivity index (χ3n) is 8.07. The maximum atomic E-state index is 15.6. The summed E-state index contributed by atoms with van der Waals surface area (Å²) < 4.78 is 87.2. The molecule has 3 aromatic heterocycles. The number of alkyl halides is 3. The Labute approximate surface area is 274 Å². The number of pyridine rings is 3. The summed E-state index contributed by atoms with van der Waals surface area (Å²) in [5.41, 5.74) is -0.793. The van der Waals surface area contributed by atoms with E-state index in [1.54, 1.807) is 31.7 Å². The fraction of sp³-hybridized carbons (Fsp3) is 0.281. The molecule has 1 saturated heterocycles. The number of hydrogen-bond donors (Lipinski definition) is 1. The highest BCUT2D eigenvalue weighted by molar-refractivity contribution is 6.34. The molecule has 250 valence electrons. The Bertz CT molecular complexity index is 2120. The van der Waals surface area contributed by atoms with Gasteiger partial charge in [0.1, 0.15) is 28.7 Å². The number of fused-ring (bicyclic) bond motifs is 1. The van der Waals surface area contributed by atoms with Gasteiger partial charge in [0.25, 0.3) is 5.56 Å². The van der Waals surface area contributed by atoms with E-state index in [1.165, 1.54) is 11.1 Å². The lowest BCUT2D eigenvalue weighted by Crippen LogP contribution is -2.49. The lowest BCUT2D eigenvalue weighted by atomic mass is 10.00. The quantitative estimate of drug-likeness (QED) is 0.114. The molecule has 4 aromatic rings. The molecule has 1 aromatic carbocycles. The van der Waals surface area contributed by atoms with Crippen molar-refractivity contribution in [2.75, 3.05) is 36.8 Å². The number of piperazine rings is 1. The van der Waals surface area contributed by atoms with E-state index in [1.807, 2.05) is 6.07 Å². The molecule has 1 aliphatic rings. The SMILES string of the molecule is C=CC(=O)N1CCN(c2c(C#N)c(=O)n(-c3c(C)ccnc3C(C)C)c3nc(-c4c(N)c(F)c(F)c(C(F)(F)F)c4F)c(Cl)cc23)CC1. The zero-order chi connectivity index (χ0) is 35.4. The van der Waals surface area contributed by atoms with Gasteiger partial charge in [-0.3, -0.25) is 19.1 Å². The van der Waals surface area contributed by atoms with Gasteiger partial charge < -0.3 is 15.5 Å². The van der Waals surface area contributed by atoms with Gasteiger partial charge in [-0.1, -0.05) is 32.0 Å². The molecule has 16 heteroatoms. The molecule has 0 spiro atoms. The zero-order valence-corrected chi connectivity index (χ0v) is 26.4. The lowest BCUT2D eigenvalue weighted by molar-refractivity contribution is -0.142. The first-order valence-corrected chi connectivity index (χ1v) is 14.8. The Morgan fingerprint density at radius 2 is 1.77 bits per heavy atom. The highest BCUT2D eigenvalue weighted by Gasteiger charge is 2.42. The molecule has 0 atom stereocenters. The van der Waals surface area contributed by atoms with Crippen LogP contribution in [0.3, 0.4) is 0 Å². The first kappa shape index (κ1) is 34.2. The molecule has 0 radical (unpaired) electrons. The average Bonchev–Trinajstić information content (AvgIpc) is 3.03. The number of nitrogens with two attached hydrogens (primary N) is 1. The Balaban J connectivity index is 1.95. The van der Waals surface area contributed by atoms with Gasteiger partial charge in [-0.15, -0.1) is 0 Å². The molecule has 4 heterocycles. The Hall–Kier alpha value is -5.10. The number of carbonyl (C=O) groups excluding carboxylic acids is 1. The third kappa shape index (κ3) is 5.49. The largest absolute Gasteiger partial charge is 0.422 e. The molecule has 1 aliphatic heterocycles. The van der Waals surface area contributed by atoms with Crippen molar-refractivity contribution in [2.24, 2.45) is 0 Å². The monoisotopic (exact) mass is 689 g/mol. The summed E-state index contributed by atoms with van der Waals surface area (Å²) in [5, 5.41) is 9.83. The van der Waals surface area contributed by atoms with E-state index in [-0.39, 0.29) is 66.0 Å². The standard InChI is InChI=1S/C32H26ClF6N7O2/c1-5-19(47)44-8-10-45(11-9-44)29-16-12-18(33)27(20-22(34)21(32(37,38)39)23(35)24(36)25(20)41)43-30(16)46(31(48)17(29)13-40)28-15(4)6-7-42-26(28)14(2)3/h5-7,12,14H,1,8-11,41H2,2-4H3. The molecule has 0 saturated carbocycles. The van der Waals surface area contributed by atoms with Crippen LogP contribution in [0.2, 0.25) is 5.02 Å². The lowest BCUT2D eigenvalue weighted by Gasteiger charge is -2.36. The summed E-state index contributed by atoms with van der Waals surface area (Å²) in [6.45, 7) is 9.32. The first-order chi connectivity index (χ1) is 22.5. The molecule has 5 rings (SSSR count). The number of rotatable bonds is 5. The summed E-state index contributed by atoms with van der Waals surface area (Å²) in [7, 11) is 0. The Morgan fingerprint density at radius 1 is 1.12 bits per heavy atom. The molecular formula is C32H26ClF6N7O2. The molecule has 1 fully saturated rings. The van der Waals surface area contributed by atoms with Crippen LogP contribution in [0, 0.1) is 35.7 Å². The number of nitriles is 1. The van der Waals surface area contributed by atoms with Crippen molar-refractivity contribution in [3.63, 3.8) is 0 Å². The van der Waals surface area contributed by atoms with Crippen molar-refractivity contribution in [3.8, 4) is 23.0 Å². The molecule has 48 heavy (non-hydrogen) atoms. The smallest absolute Gasteiger partial charge is 0.396 e. The van der Waals surface area contributed by atoms with Crippen LogP contribution in [0.4, 0.5) is 37.7 Å². The highest BCUT2D eigenvalue weighted by atomic mass is 35.5.